The Hall–Kier alpha value is -2.62. The van der Waals surface area contributed by atoms with Gasteiger partial charge in [-0.05, 0) is 96.4 Å². The van der Waals surface area contributed by atoms with Crippen LogP contribution in [0.4, 0.5) is 11.4 Å². The van der Waals surface area contributed by atoms with E-state index in [1.165, 1.54) is 0 Å². The predicted octanol–water partition coefficient (Wildman–Crippen LogP) is 3.54. The molecule has 0 aliphatic heterocycles. The van der Waals surface area contributed by atoms with Crippen LogP contribution < -0.4 is 22.1 Å². The number of nitrogens with two attached hydrogens (primary N) is 2. The molecule has 0 fully saturated rings. The highest BCUT2D eigenvalue weighted by atomic mass is 79.9. The van der Waals surface area contributed by atoms with Crippen molar-refractivity contribution in [3.63, 3.8) is 0 Å². The fourth-order valence-corrected chi connectivity index (χ4v) is 4.87. The number of rotatable bonds is 15. The first kappa shape index (κ1) is 30.6. The molecule has 9 heteroatoms. The van der Waals surface area contributed by atoms with Gasteiger partial charge in [0.15, 0.2) is 0 Å². The Kier molecular flexibility index (Phi) is 12.9. The van der Waals surface area contributed by atoms with Crippen molar-refractivity contribution in [1.82, 2.24) is 20.4 Å². The minimum absolute atomic E-state index is 0.122. The molecule has 0 radical (unpaired) electrons. The summed E-state index contributed by atoms with van der Waals surface area (Å²) < 4.78 is 0.707. The summed E-state index contributed by atoms with van der Waals surface area (Å²) >= 11 is 3.59. The van der Waals surface area contributed by atoms with E-state index in [0.29, 0.717) is 52.9 Å². The summed E-state index contributed by atoms with van der Waals surface area (Å²) in [5.41, 5.74) is 16.2. The highest BCUT2D eigenvalue weighted by Crippen LogP contribution is 2.29. The zero-order valence-electron chi connectivity index (χ0n) is 22.7. The third-order valence-electron chi connectivity index (χ3n) is 6.75. The van der Waals surface area contributed by atoms with Gasteiger partial charge in [0, 0.05) is 53.2 Å². The van der Waals surface area contributed by atoms with Crippen LogP contribution in [-0.2, 0) is 12.8 Å². The van der Waals surface area contributed by atoms with Crippen molar-refractivity contribution in [1.29, 1.82) is 0 Å². The Morgan fingerprint density at radius 2 is 1.30 bits per heavy atom. The summed E-state index contributed by atoms with van der Waals surface area (Å²) in [6, 6.07) is 8.86. The summed E-state index contributed by atoms with van der Waals surface area (Å²) in [4.78, 5) is 30.6. The van der Waals surface area contributed by atoms with E-state index in [2.05, 4.69) is 64.1 Å². The van der Waals surface area contributed by atoms with Gasteiger partial charge in [0.1, 0.15) is 0 Å². The van der Waals surface area contributed by atoms with Gasteiger partial charge in [-0.2, -0.15) is 0 Å². The first-order valence-corrected chi connectivity index (χ1v) is 14.0. The number of nitrogen functional groups attached to an aromatic ring is 2. The number of aryl methyl sites for hydroxylation is 1. The van der Waals surface area contributed by atoms with Crippen LogP contribution in [0.15, 0.2) is 34.8 Å². The fraction of sp³-hybridized carbons (Fsp3) is 0.500. The molecule has 2 aromatic rings. The molecule has 37 heavy (non-hydrogen) atoms. The summed E-state index contributed by atoms with van der Waals surface area (Å²) in [5.74, 6) is -0.257. The van der Waals surface area contributed by atoms with Crippen molar-refractivity contribution in [2.45, 2.75) is 40.5 Å². The minimum Gasteiger partial charge on any atom is -0.399 e. The molecule has 0 atom stereocenters. The van der Waals surface area contributed by atoms with Crippen LogP contribution in [0.5, 0.6) is 0 Å². The molecule has 0 saturated heterocycles. The largest absolute Gasteiger partial charge is 0.399 e. The van der Waals surface area contributed by atoms with Crippen LogP contribution in [0.25, 0.3) is 0 Å². The van der Waals surface area contributed by atoms with E-state index in [-0.39, 0.29) is 11.8 Å². The van der Waals surface area contributed by atoms with Crippen molar-refractivity contribution in [3.8, 4) is 0 Å². The number of anilines is 2. The maximum atomic E-state index is 13.1. The molecule has 6 N–H and O–H groups in total. The number of likely N-dealkylation sites (N-methyl/N-ethyl adjacent to an activating group) is 2. The lowest BCUT2D eigenvalue weighted by Gasteiger charge is -2.19. The molecule has 0 unspecified atom stereocenters. The number of hydrogen-bond donors (Lipinski definition) is 4. The number of benzene rings is 2. The zero-order valence-corrected chi connectivity index (χ0v) is 24.3. The smallest absolute Gasteiger partial charge is 0.251 e. The summed E-state index contributed by atoms with van der Waals surface area (Å²) in [6.07, 6.45) is 1.05. The van der Waals surface area contributed by atoms with Crippen LogP contribution in [0.3, 0.4) is 0 Å². The van der Waals surface area contributed by atoms with E-state index >= 15 is 0 Å². The van der Waals surface area contributed by atoms with Crippen molar-refractivity contribution < 1.29 is 9.59 Å². The van der Waals surface area contributed by atoms with Crippen molar-refractivity contribution in [2.24, 2.45) is 0 Å². The van der Waals surface area contributed by atoms with Gasteiger partial charge in [0.2, 0.25) is 0 Å². The van der Waals surface area contributed by atoms with Crippen molar-refractivity contribution in [2.75, 3.05) is 63.8 Å². The van der Waals surface area contributed by atoms with E-state index < -0.39 is 0 Å². The molecule has 0 spiro atoms. The van der Waals surface area contributed by atoms with E-state index in [1.807, 2.05) is 6.07 Å². The van der Waals surface area contributed by atoms with Gasteiger partial charge < -0.3 is 31.9 Å². The molecule has 0 saturated carbocycles. The number of amides is 2. The average Bonchev–Trinajstić information content (AvgIpc) is 2.89. The van der Waals surface area contributed by atoms with Crippen LogP contribution in [0, 0.1) is 0 Å². The Bertz CT molecular complexity index is 1040. The number of nitrogens with one attached hydrogen (secondary N) is 2. The molecule has 0 aromatic heterocycles. The third kappa shape index (κ3) is 9.02. The quantitative estimate of drug-likeness (QED) is 0.242. The third-order valence-corrected chi connectivity index (χ3v) is 7.69. The number of nitrogens with zero attached hydrogens (tertiary/aromatic N) is 2. The molecule has 0 bridgehead atoms. The lowest BCUT2D eigenvalue weighted by atomic mass is 9.95. The first-order chi connectivity index (χ1) is 17.7. The summed E-state index contributed by atoms with van der Waals surface area (Å²) in [5, 5.41) is 6.06. The summed E-state index contributed by atoms with van der Waals surface area (Å²) in [6.45, 7) is 14.9. The Morgan fingerprint density at radius 3 is 1.84 bits per heavy atom. The fourth-order valence-electron chi connectivity index (χ4n) is 4.32. The average molecular weight is 576 g/mol. The van der Waals surface area contributed by atoms with Gasteiger partial charge in [-0.1, -0.05) is 27.7 Å². The van der Waals surface area contributed by atoms with E-state index in [4.69, 9.17) is 11.5 Å². The maximum absolute atomic E-state index is 13.1. The van der Waals surface area contributed by atoms with Gasteiger partial charge in [-0.3, -0.25) is 9.59 Å². The molecule has 0 aliphatic carbocycles. The van der Waals surface area contributed by atoms with Crippen LogP contribution in [0.1, 0.15) is 59.5 Å². The SMILES string of the molecule is CCN(CC)CCNC(=O)c1ccc(N)cc1CCc1c(C(=O)NCCN(CC)CC)ccc(N)c1Br. The second-order valence-electron chi connectivity index (χ2n) is 8.98. The van der Waals surface area contributed by atoms with E-state index in [1.54, 1.807) is 24.3 Å². The molecule has 2 rings (SSSR count). The molecule has 0 aliphatic rings. The van der Waals surface area contributed by atoms with Gasteiger partial charge in [0.05, 0.1) is 0 Å². The zero-order chi connectivity index (χ0) is 27.4. The van der Waals surface area contributed by atoms with Crippen molar-refractivity contribution in [3.05, 3.63) is 57.1 Å². The topological polar surface area (TPSA) is 117 Å². The number of hydrogen-bond acceptors (Lipinski definition) is 6. The Balaban J connectivity index is 2.18. The second-order valence-corrected chi connectivity index (χ2v) is 9.77. The maximum Gasteiger partial charge on any atom is 0.251 e. The van der Waals surface area contributed by atoms with Gasteiger partial charge in [-0.25, -0.2) is 0 Å². The molecule has 0 heterocycles. The summed E-state index contributed by atoms with van der Waals surface area (Å²) in [7, 11) is 0. The van der Waals surface area contributed by atoms with Gasteiger partial charge >= 0.3 is 0 Å². The van der Waals surface area contributed by atoms with E-state index in [9.17, 15) is 9.59 Å². The highest BCUT2D eigenvalue weighted by Gasteiger charge is 2.18. The van der Waals surface area contributed by atoms with E-state index in [0.717, 1.165) is 50.4 Å². The molecular weight excluding hydrogens is 532 g/mol. The Morgan fingerprint density at radius 1 is 0.784 bits per heavy atom. The standard InChI is InChI=1S/C28H43BrN6O2/c1-5-34(6-2)17-15-32-27(36)22-12-10-21(30)19-20(22)9-11-23-24(13-14-25(31)26(23)29)28(37)33-16-18-35(7-3)8-4/h10,12-14,19H,5-9,11,15-18,30-31H2,1-4H3,(H,32,36)(H,33,37). The number of halogens is 1. The van der Waals surface area contributed by atoms with Crippen LogP contribution >= 0.6 is 15.9 Å². The minimum atomic E-state index is -0.134. The van der Waals surface area contributed by atoms with Gasteiger partial charge in [-0.15, -0.1) is 0 Å². The van der Waals surface area contributed by atoms with Crippen molar-refractivity contribution >= 4 is 39.1 Å². The van der Waals surface area contributed by atoms with Gasteiger partial charge in [0.25, 0.3) is 11.8 Å². The lowest BCUT2D eigenvalue weighted by molar-refractivity contribution is 0.0939. The molecule has 8 nitrogen and oxygen atoms in total. The number of carbonyl (C=O) groups is 2. The first-order valence-electron chi connectivity index (χ1n) is 13.2. The molecule has 204 valence electrons. The normalized spacial score (nSPS) is 11.2. The monoisotopic (exact) mass is 574 g/mol. The molecule has 2 amide bonds. The second kappa shape index (κ2) is 15.6. The lowest BCUT2D eigenvalue weighted by Crippen LogP contribution is -2.35. The van der Waals surface area contributed by atoms with Crippen LogP contribution in [-0.4, -0.2) is 74.0 Å². The molecule has 2 aromatic carbocycles. The molecular formula is C28H43BrN6O2. The number of carbonyl (C=O) groups excluding carboxylic acids is 2. The predicted molar refractivity (Wildman–Crippen MR) is 157 cm³/mol. The van der Waals surface area contributed by atoms with Crippen LogP contribution in [0.2, 0.25) is 0 Å². The Labute approximate surface area is 230 Å². The highest BCUT2D eigenvalue weighted by molar-refractivity contribution is 9.10.